The van der Waals surface area contributed by atoms with Crippen molar-refractivity contribution in [3.8, 4) is 6.07 Å². The predicted octanol–water partition coefficient (Wildman–Crippen LogP) is 3.74. The lowest BCUT2D eigenvalue weighted by atomic mass is 9.88. The van der Waals surface area contributed by atoms with E-state index in [2.05, 4.69) is 56.4 Å². The third-order valence-electron chi connectivity index (χ3n) is 2.70. The Kier molecular flexibility index (Phi) is 4.37. The van der Waals surface area contributed by atoms with Crippen LogP contribution in [0.2, 0.25) is 0 Å². The summed E-state index contributed by atoms with van der Waals surface area (Å²) >= 11 is 0. The molecule has 0 saturated carbocycles. The van der Waals surface area contributed by atoms with E-state index in [0.717, 1.165) is 18.7 Å². The molecule has 0 unspecified atom stereocenters. The summed E-state index contributed by atoms with van der Waals surface area (Å²) in [5.74, 6) is 0. The average molecular weight is 216 g/mol. The van der Waals surface area contributed by atoms with E-state index in [1.54, 1.807) is 0 Å². The molecule has 0 aromatic heterocycles. The number of benzene rings is 1. The Morgan fingerprint density at radius 3 is 2.75 bits per heavy atom. The molecule has 1 aromatic carbocycles. The monoisotopic (exact) mass is 216 g/mol. The lowest BCUT2D eigenvalue weighted by Gasteiger charge is -2.24. The number of nitrogens with one attached hydrogen (secondary N) is 1. The Hall–Kier alpha value is -1.49. The SMILES string of the molecule is Cc1cccc(NCC(C)(C)CCC#N)c1. The van der Waals surface area contributed by atoms with Gasteiger partial charge in [-0.3, -0.25) is 0 Å². The number of nitriles is 1. The Morgan fingerprint density at radius 2 is 2.12 bits per heavy atom. The first-order valence-electron chi connectivity index (χ1n) is 5.71. The molecule has 0 saturated heterocycles. The molecule has 0 aliphatic carbocycles. The van der Waals surface area contributed by atoms with E-state index in [1.165, 1.54) is 5.56 Å². The standard InChI is InChI=1S/C14H20N2/c1-12-6-4-7-13(10-12)16-11-14(2,3)8-5-9-15/h4,6-7,10,16H,5,8,11H2,1-3H3. The Bertz CT molecular complexity index is 375. The second-order valence-electron chi connectivity index (χ2n) is 5.05. The van der Waals surface area contributed by atoms with Crippen molar-refractivity contribution in [2.45, 2.75) is 33.6 Å². The molecule has 1 N–H and O–H groups in total. The van der Waals surface area contributed by atoms with Crippen molar-refractivity contribution in [1.29, 1.82) is 5.26 Å². The number of aryl methyl sites for hydroxylation is 1. The second-order valence-corrected chi connectivity index (χ2v) is 5.05. The van der Waals surface area contributed by atoms with Gasteiger partial charge in [0.2, 0.25) is 0 Å². The van der Waals surface area contributed by atoms with Gasteiger partial charge in [-0.25, -0.2) is 0 Å². The molecule has 0 radical (unpaired) electrons. The summed E-state index contributed by atoms with van der Waals surface area (Å²) in [4.78, 5) is 0. The van der Waals surface area contributed by atoms with Crippen LogP contribution in [0.5, 0.6) is 0 Å². The summed E-state index contributed by atoms with van der Waals surface area (Å²) in [7, 11) is 0. The maximum absolute atomic E-state index is 8.58. The summed E-state index contributed by atoms with van der Waals surface area (Å²) in [6, 6.07) is 10.6. The number of anilines is 1. The van der Waals surface area contributed by atoms with E-state index < -0.39 is 0 Å². The fourth-order valence-corrected chi connectivity index (χ4v) is 1.58. The summed E-state index contributed by atoms with van der Waals surface area (Å²) in [5, 5.41) is 12.0. The van der Waals surface area contributed by atoms with Crippen LogP contribution in [0.1, 0.15) is 32.3 Å². The van der Waals surface area contributed by atoms with E-state index in [4.69, 9.17) is 5.26 Å². The first-order chi connectivity index (χ1) is 7.53. The summed E-state index contributed by atoms with van der Waals surface area (Å²) in [6.07, 6.45) is 1.56. The maximum Gasteiger partial charge on any atom is 0.0621 e. The molecule has 86 valence electrons. The van der Waals surface area contributed by atoms with E-state index >= 15 is 0 Å². The number of hydrogen-bond acceptors (Lipinski definition) is 2. The van der Waals surface area contributed by atoms with Crippen LogP contribution in [-0.2, 0) is 0 Å². The highest BCUT2D eigenvalue weighted by atomic mass is 14.9. The van der Waals surface area contributed by atoms with Crippen LogP contribution in [0.15, 0.2) is 24.3 Å². The van der Waals surface area contributed by atoms with Gasteiger partial charge in [-0.1, -0.05) is 26.0 Å². The molecule has 0 amide bonds. The summed E-state index contributed by atoms with van der Waals surface area (Å²) in [5.41, 5.74) is 2.59. The molecule has 0 atom stereocenters. The van der Waals surface area contributed by atoms with E-state index in [1.807, 2.05) is 0 Å². The van der Waals surface area contributed by atoms with E-state index in [0.29, 0.717) is 6.42 Å². The smallest absolute Gasteiger partial charge is 0.0621 e. The van der Waals surface area contributed by atoms with Gasteiger partial charge in [-0.15, -0.1) is 0 Å². The predicted molar refractivity (Wildman–Crippen MR) is 68.3 cm³/mol. The topological polar surface area (TPSA) is 35.8 Å². The molecule has 2 nitrogen and oxygen atoms in total. The molecule has 1 aromatic rings. The zero-order valence-electron chi connectivity index (χ0n) is 10.4. The van der Waals surface area contributed by atoms with Crippen LogP contribution in [0, 0.1) is 23.7 Å². The molecule has 0 fully saturated rings. The molecule has 1 rings (SSSR count). The summed E-state index contributed by atoms with van der Waals surface area (Å²) < 4.78 is 0. The van der Waals surface area contributed by atoms with Crippen molar-refractivity contribution in [3.05, 3.63) is 29.8 Å². The van der Waals surface area contributed by atoms with Crippen LogP contribution in [-0.4, -0.2) is 6.54 Å². The highest BCUT2D eigenvalue weighted by Crippen LogP contribution is 2.23. The largest absolute Gasteiger partial charge is 0.385 e. The minimum absolute atomic E-state index is 0.166. The van der Waals surface area contributed by atoms with Gasteiger partial charge in [-0.05, 0) is 36.5 Å². The lowest BCUT2D eigenvalue weighted by Crippen LogP contribution is -2.22. The minimum atomic E-state index is 0.166. The fourth-order valence-electron chi connectivity index (χ4n) is 1.58. The van der Waals surface area contributed by atoms with Gasteiger partial charge in [0.1, 0.15) is 0 Å². The molecular weight excluding hydrogens is 196 g/mol. The second kappa shape index (κ2) is 5.55. The normalized spacial score (nSPS) is 10.9. The summed E-state index contributed by atoms with van der Waals surface area (Å²) in [6.45, 7) is 7.37. The zero-order valence-corrected chi connectivity index (χ0v) is 10.4. The molecule has 0 aliphatic rings. The van der Waals surface area contributed by atoms with Crippen molar-refractivity contribution in [3.63, 3.8) is 0 Å². The molecule has 2 heteroatoms. The van der Waals surface area contributed by atoms with Gasteiger partial charge in [0.25, 0.3) is 0 Å². The molecule has 0 bridgehead atoms. The van der Waals surface area contributed by atoms with E-state index in [-0.39, 0.29) is 5.41 Å². The molecule has 0 spiro atoms. The molecular formula is C14H20N2. The van der Waals surface area contributed by atoms with Crippen molar-refractivity contribution in [2.24, 2.45) is 5.41 Å². The average Bonchev–Trinajstić information content (AvgIpc) is 2.24. The van der Waals surface area contributed by atoms with Crippen LogP contribution in [0.4, 0.5) is 5.69 Å². The van der Waals surface area contributed by atoms with Crippen LogP contribution < -0.4 is 5.32 Å². The van der Waals surface area contributed by atoms with Gasteiger partial charge in [0.05, 0.1) is 6.07 Å². The quantitative estimate of drug-likeness (QED) is 0.814. The first kappa shape index (κ1) is 12.6. The van der Waals surface area contributed by atoms with E-state index in [9.17, 15) is 0 Å². The molecule has 16 heavy (non-hydrogen) atoms. The fraction of sp³-hybridized carbons (Fsp3) is 0.500. The van der Waals surface area contributed by atoms with Gasteiger partial charge in [0.15, 0.2) is 0 Å². The van der Waals surface area contributed by atoms with Crippen molar-refractivity contribution in [2.75, 3.05) is 11.9 Å². The highest BCUT2D eigenvalue weighted by molar-refractivity contribution is 5.45. The van der Waals surface area contributed by atoms with Gasteiger partial charge < -0.3 is 5.32 Å². The first-order valence-corrected chi connectivity index (χ1v) is 5.71. The van der Waals surface area contributed by atoms with Crippen LogP contribution in [0.25, 0.3) is 0 Å². The maximum atomic E-state index is 8.58. The van der Waals surface area contributed by atoms with Crippen molar-refractivity contribution in [1.82, 2.24) is 0 Å². The number of nitrogens with zero attached hydrogens (tertiary/aromatic N) is 1. The molecule has 0 heterocycles. The van der Waals surface area contributed by atoms with Crippen molar-refractivity contribution >= 4 is 5.69 Å². The Balaban J connectivity index is 2.48. The van der Waals surface area contributed by atoms with Crippen molar-refractivity contribution < 1.29 is 0 Å². The lowest BCUT2D eigenvalue weighted by molar-refractivity contribution is 0.364. The van der Waals surface area contributed by atoms with Gasteiger partial charge in [0, 0.05) is 18.7 Å². The Morgan fingerprint density at radius 1 is 1.38 bits per heavy atom. The van der Waals surface area contributed by atoms with Crippen LogP contribution in [0.3, 0.4) is 0 Å². The Labute approximate surface area is 98.3 Å². The third-order valence-corrected chi connectivity index (χ3v) is 2.70. The minimum Gasteiger partial charge on any atom is -0.385 e. The number of hydrogen-bond donors (Lipinski definition) is 1. The highest BCUT2D eigenvalue weighted by Gasteiger charge is 2.16. The molecule has 0 aliphatic heterocycles. The van der Waals surface area contributed by atoms with Crippen LogP contribution >= 0.6 is 0 Å². The van der Waals surface area contributed by atoms with Gasteiger partial charge in [-0.2, -0.15) is 5.26 Å². The van der Waals surface area contributed by atoms with Gasteiger partial charge >= 0.3 is 0 Å². The third kappa shape index (κ3) is 4.35. The zero-order chi connectivity index (χ0) is 12.0. The number of rotatable bonds is 5.